The van der Waals surface area contributed by atoms with Crippen LogP contribution in [-0.4, -0.2) is 51.7 Å². The summed E-state index contributed by atoms with van der Waals surface area (Å²) in [5.41, 5.74) is 1.74. The van der Waals surface area contributed by atoms with Crippen molar-refractivity contribution >= 4 is 21.4 Å². The van der Waals surface area contributed by atoms with Gasteiger partial charge in [0.05, 0.1) is 11.9 Å². The summed E-state index contributed by atoms with van der Waals surface area (Å²) >= 11 is 1.62. The van der Waals surface area contributed by atoms with E-state index in [2.05, 4.69) is 26.9 Å². The third-order valence-electron chi connectivity index (χ3n) is 5.46. The van der Waals surface area contributed by atoms with E-state index in [1.807, 2.05) is 10.7 Å². The maximum atomic E-state index is 13.1. The third-order valence-corrected chi connectivity index (χ3v) is 6.44. The van der Waals surface area contributed by atoms with E-state index in [1.165, 1.54) is 31.4 Å². The standard InChI is InChI=1S/C20H22FN5S/c21-16-8-6-15(7-9-16)18-14-26-19(22-18)27-20(23-26)25-12-10-24(11-13-25)17-4-2-1-3-5-17/h2,4,6-9,14,17H,1,3,5,10-13H2. The molecule has 3 heterocycles. The minimum Gasteiger partial charge on any atom is -0.344 e. The molecule has 0 bridgehead atoms. The van der Waals surface area contributed by atoms with Gasteiger partial charge in [-0.05, 0) is 43.5 Å². The van der Waals surface area contributed by atoms with Crippen LogP contribution < -0.4 is 4.90 Å². The molecule has 0 spiro atoms. The highest BCUT2D eigenvalue weighted by Gasteiger charge is 2.25. The van der Waals surface area contributed by atoms with Crippen molar-refractivity contribution in [2.75, 3.05) is 31.1 Å². The molecule has 140 valence electrons. The van der Waals surface area contributed by atoms with Crippen molar-refractivity contribution < 1.29 is 4.39 Å². The number of benzene rings is 1. The van der Waals surface area contributed by atoms with Crippen LogP contribution in [0.5, 0.6) is 0 Å². The predicted molar refractivity (Wildman–Crippen MR) is 107 cm³/mol. The van der Waals surface area contributed by atoms with Crippen molar-refractivity contribution in [2.45, 2.75) is 25.3 Å². The Morgan fingerprint density at radius 2 is 1.89 bits per heavy atom. The average Bonchev–Trinajstić information content (AvgIpc) is 3.29. The number of aromatic nitrogens is 3. The van der Waals surface area contributed by atoms with Gasteiger partial charge in [0.1, 0.15) is 5.82 Å². The number of rotatable bonds is 3. The van der Waals surface area contributed by atoms with Crippen LogP contribution in [0.1, 0.15) is 19.3 Å². The highest BCUT2D eigenvalue weighted by atomic mass is 32.1. The number of allylic oxidation sites excluding steroid dienone is 1. The van der Waals surface area contributed by atoms with Crippen LogP contribution in [-0.2, 0) is 0 Å². The van der Waals surface area contributed by atoms with Crippen LogP contribution in [0.4, 0.5) is 9.52 Å². The fraction of sp³-hybridized carbons (Fsp3) is 0.400. The van der Waals surface area contributed by atoms with Gasteiger partial charge in [0.15, 0.2) is 0 Å². The van der Waals surface area contributed by atoms with Gasteiger partial charge in [-0.1, -0.05) is 23.5 Å². The third kappa shape index (κ3) is 3.37. The molecule has 0 amide bonds. The van der Waals surface area contributed by atoms with E-state index in [9.17, 15) is 4.39 Å². The highest BCUT2D eigenvalue weighted by Crippen LogP contribution is 2.28. The van der Waals surface area contributed by atoms with Gasteiger partial charge in [0.2, 0.25) is 10.1 Å². The molecule has 0 N–H and O–H groups in total. The number of anilines is 1. The number of piperazine rings is 1. The number of halogens is 1. The molecular weight excluding hydrogens is 361 g/mol. The topological polar surface area (TPSA) is 36.7 Å². The smallest absolute Gasteiger partial charge is 0.214 e. The maximum absolute atomic E-state index is 13.1. The summed E-state index contributed by atoms with van der Waals surface area (Å²) in [6.45, 7) is 4.17. The fourth-order valence-corrected chi connectivity index (χ4v) is 4.86. The highest BCUT2D eigenvalue weighted by molar-refractivity contribution is 7.20. The SMILES string of the molecule is Fc1ccc(-c2cn3nc(N4CCN(C5C=CCCC5)CC4)sc3n2)cc1. The van der Waals surface area contributed by atoms with Crippen molar-refractivity contribution in [1.82, 2.24) is 19.5 Å². The lowest BCUT2D eigenvalue weighted by Crippen LogP contribution is -2.50. The second-order valence-electron chi connectivity index (χ2n) is 7.19. The molecule has 0 radical (unpaired) electrons. The van der Waals surface area contributed by atoms with E-state index in [4.69, 9.17) is 5.10 Å². The second kappa shape index (κ2) is 7.05. The fourth-order valence-electron chi connectivity index (χ4n) is 3.92. The van der Waals surface area contributed by atoms with Gasteiger partial charge in [-0.15, -0.1) is 5.10 Å². The number of hydrogen-bond acceptors (Lipinski definition) is 5. The van der Waals surface area contributed by atoms with Gasteiger partial charge in [0, 0.05) is 37.8 Å². The van der Waals surface area contributed by atoms with Gasteiger partial charge < -0.3 is 4.90 Å². The van der Waals surface area contributed by atoms with Crippen LogP contribution in [0.3, 0.4) is 0 Å². The summed E-state index contributed by atoms with van der Waals surface area (Å²) in [5, 5.41) is 5.76. The zero-order valence-corrected chi connectivity index (χ0v) is 15.9. The molecule has 5 nitrogen and oxygen atoms in total. The maximum Gasteiger partial charge on any atom is 0.214 e. The Balaban J connectivity index is 1.28. The number of fused-ring (bicyclic) bond motifs is 1. The van der Waals surface area contributed by atoms with Crippen molar-refractivity contribution in [3.8, 4) is 11.3 Å². The number of hydrogen-bond donors (Lipinski definition) is 0. The molecule has 1 saturated heterocycles. The van der Waals surface area contributed by atoms with Gasteiger partial charge in [0.25, 0.3) is 0 Å². The zero-order chi connectivity index (χ0) is 18.2. The molecule has 27 heavy (non-hydrogen) atoms. The largest absolute Gasteiger partial charge is 0.344 e. The lowest BCUT2D eigenvalue weighted by molar-refractivity contribution is 0.202. The molecule has 2 aromatic heterocycles. The van der Waals surface area contributed by atoms with Crippen LogP contribution in [0, 0.1) is 5.82 Å². The summed E-state index contributed by atoms with van der Waals surface area (Å²) in [5.74, 6) is -0.233. The van der Waals surface area contributed by atoms with E-state index in [0.29, 0.717) is 6.04 Å². The Morgan fingerprint density at radius 3 is 2.59 bits per heavy atom. The van der Waals surface area contributed by atoms with Gasteiger partial charge >= 0.3 is 0 Å². The Labute approximate surface area is 161 Å². The van der Waals surface area contributed by atoms with Crippen LogP contribution in [0.15, 0.2) is 42.6 Å². The summed E-state index contributed by atoms with van der Waals surface area (Å²) in [7, 11) is 0. The first kappa shape index (κ1) is 16.9. The molecule has 0 saturated carbocycles. The Bertz CT molecular complexity index is 921. The number of imidazole rings is 1. The summed E-state index contributed by atoms with van der Waals surface area (Å²) in [4.78, 5) is 10.5. The molecular formula is C20H22FN5S. The molecule has 3 aromatic rings. The average molecular weight is 383 g/mol. The van der Waals surface area contributed by atoms with Gasteiger partial charge in [-0.3, -0.25) is 4.90 Å². The summed E-state index contributed by atoms with van der Waals surface area (Å²) < 4.78 is 14.9. The quantitative estimate of drug-likeness (QED) is 0.644. The van der Waals surface area contributed by atoms with Crippen molar-refractivity contribution in [1.29, 1.82) is 0 Å². The lowest BCUT2D eigenvalue weighted by Gasteiger charge is -2.38. The molecule has 1 aromatic carbocycles. The second-order valence-corrected chi connectivity index (χ2v) is 8.13. The van der Waals surface area contributed by atoms with E-state index < -0.39 is 0 Å². The predicted octanol–water partition coefficient (Wildman–Crippen LogP) is 3.83. The zero-order valence-electron chi connectivity index (χ0n) is 15.1. The molecule has 1 fully saturated rings. The monoisotopic (exact) mass is 383 g/mol. The molecule has 1 aliphatic heterocycles. The van der Waals surface area contributed by atoms with Crippen molar-refractivity contribution in [2.24, 2.45) is 0 Å². The molecule has 5 rings (SSSR count). The summed E-state index contributed by atoms with van der Waals surface area (Å²) in [6, 6.07) is 7.04. The molecule has 1 unspecified atom stereocenters. The van der Waals surface area contributed by atoms with Gasteiger partial charge in [-0.25, -0.2) is 13.9 Å². The van der Waals surface area contributed by atoms with E-state index in [0.717, 1.165) is 47.5 Å². The minimum atomic E-state index is -0.233. The van der Waals surface area contributed by atoms with E-state index >= 15 is 0 Å². The first-order valence-electron chi connectivity index (χ1n) is 9.54. The molecule has 2 aliphatic rings. The summed E-state index contributed by atoms with van der Waals surface area (Å²) in [6.07, 6.45) is 10.5. The van der Waals surface area contributed by atoms with Crippen molar-refractivity contribution in [3.63, 3.8) is 0 Å². The first-order valence-corrected chi connectivity index (χ1v) is 10.4. The van der Waals surface area contributed by atoms with Crippen LogP contribution in [0.25, 0.3) is 16.2 Å². The Kier molecular flexibility index (Phi) is 4.41. The minimum absolute atomic E-state index is 0.233. The first-order chi connectivity index (χ1) is 13.3. The molecule has 7 heteroatoms. The number of nitrogens with zero attached hydrogens (tertiary/aromatic N) is 5. The lowest BCUT2D eigenvalue weighted by atomic mass is 10.0. The van der Waals surface area contributed by atoms with Crippen LogP contribution >= 0.6 is 11.3 Å². The van der Waals surface area contributed by atoms with Gasteiger partial charge in [-0.2, -0.15) is 0 Å². The Morgan fingerprint density at radius 1 is 1.07 bits per heavy atom. The van der Waals surface area contributed by atoms with E-state index in [-0.39, 0.29) is 5.82 Å². The molecule has 1 atom stereocenters. The van der Waals surface area contributed by atoms with Crippen LogP contribution in [0.2, 0.25) is 0 Å². The normalized spacial score (nSPS) is 21.2. The Hall–Kier alpha value is -2.25. The van der Waals surface area contributed by atoms with E-state index in [1.54, 1.807) is 23.5 Å². The van der Waals surface area contributed by atoms with Crippen molar-refractivity contribution in [3.05, 3.63) is 48.4 Å². The molecule has 1 aliphatic carbocycles.